The molecule has 0 spiro atoms. The van der Waals surface area contributed by atoms with Gasteiger partial charge in [0.25, 0.3) is 0 Å². The number of piperazine rings is 1. The van der Waals surface area contributed by atoms with Gasteiger partial charge in [0.15, 0.2) is 0 Å². The summed E-state index contributed by atoms with van der Waals surface area (Å²) >= 11 is 0. The molecule has 2 atom stereocenters. The zero-order chi connectivity index (χ0) is 16.8. The van der Waals surface area contributed by atoms with E-state index < -0.39 is 0 Å². The maximum atomic E-state index is 12.4. The van der Waals surface area contributed by atoms with Crippen LogP contribution >= 0.6 is 0 Å². The molecule has 2 unspecified atom stereocenters. The number of para-hydroxylation sites is 2. The van der Waals surface area contributed by atoms with Gasteiger partial charge in [-0.2, -0.15) is 0 Å². The Kier molecular flexibility index (Phi) is 3.87. The fourth-order valence-electron chi connectivity index (χ4n) is 4.59. The molecule has 3 fully saturated rings. The first kappa shape index (κ1) is 15.5. The fraction of sp³-hybridized carbons (Fsp3) is 0.588. The van der Waals surface area contributed by atoms with Gasteiger partial charge in [-0.05, 0) is 25.0 Å². The molecule has 2 aromatic rings. The van der Waals surface area contributed by atoms with Crippen molar-refractivity contribution >= 4 is 11.0 Å². The number of imidazole rings is 1. The van der Waals surface area contributed by atoms with E-state index in [0.29, 0.717) is 12.3 Å². The third kappa shape index (κ3) is 2.61. The highest BCUT2D eigenvalue weighted by molar-refractivity contribution is 5.75. The molecule has 8 heteroatoms. The summed E-state index contributed by atoms with van der Waals surface area (Å²) in [5.41, 5.74) is 8.61. The number of aromatic nitrogens is 2. The number of nitrogens with one attached hydrogen (secondary N) is 4. The second-order valence-electron chi connectivity index (χ2n) is 7.22. The lowest BCUT2D eigenvalue weighted by Gasteiger charge is -2.45. The van der Waals surface area contributed by atoms with Gasteiger partial charge >= 0.3 is 5.69 Å². The second kappa shape index (κ2) is 6.22. The summed E-state index contributed by atoms with van der Waals surface area (Å²) in [7, 11) is 0. The molecular formula is C17H25N7O. The molecule has 134 valence electrons. The third-order valence-corrected chi connectivity index (χ3v) is 5.86. The summed E-state index contributed by atoms with van der Waals surface area (Å²) in [6, 6.07) is 8.25. The highest BCUT2D eigenvalue weighted by atomic mass is 16.1. The van der Waals surface area contributed by atoms with Crippen LogP contribution in [0.25, 0.3) is 11.0 Å². The van der Waals surface area contributed by atoms with Crippen LogP contribution in [0.3, 0.4) is 0 Å². The van der Waals surface area contributed by atoms with Crippen molar-refractivity contribution in [3.63, 3.8) is 0 Å². The number of rotatable bonds is 2. The van der Waals surface area contributed by atoms with Crippen LogP contribution in [-0.4, -0.2) is 64.5 Å². The summed E-state index contributed by atoms with van der Waals surface area (Å²) in [6.07, 6.45) is 2.64. The number of benzene rings is 1. The van der Waals surface area contributed by atoms with Crippen LogP contribution in [-0.2, 0) is 0 Å². The molecule has 8 nitrogen and oxygen atoms in total. The predicted molar refractivity (Wildman–Crippen MR) is 95.8 cm³/mol. The molecule has 0 bridgehead atoms. The molecule has 1 aromatic heterocycles. The first-order chi connectivity index (χ1) is 12.3. The minimum Gasteiger partial charge on any atom is -0.306 e. The molecule has 3 aliphatic heterocycles. The van der Waals surface area contributed by atoms with E-state index in [2.05, 4.69) is 31.0 Å². The predicted octanol–water partition coefficient (Wildman–Crippen LogP) is -0.411. The SMILES string of the molecule is O=c1[nH]c2ccccc2n1C1CCN(C2NCCN3CNNC23)CC1. The normalized spacial score (nSPS) is 29.3. The Morgan fingerprint density at radius 3 is 2.72 bits per heavy atom. The van der Waals surface area contributed by atoms with Crippen molar-refractivity contribution in [3.05, 3.63) is 34.7 Å². The van der Waals surface area contributed by atoms with E-state index in [4.69, 9.17) is 0 Å². The van der Waals surface area contributed by atoms with Gasteiger partial charge in [-0.3, -0.25) is 19.7 Å². The van der Waals surface area contributed by atoms with E-state index >= 15 is 0 Å². The lowest BCUT2D eigenvalue weighted by molar-refractivity contribution is 0.0221. The van der Waals surface area contributed by atoms with E-state index in [9.17, 15) is 4.79 Å². The van der Waals surface area contributed by atoms with E-state index in [1.54, 1.807) is 0 Å². The van der Waals surface area contributed by atoms with Crippen LogP contribution in [0.2, 0.25) is 0 Å². The Labute approximate surface area is 146 Å². The summed E-state index contributed by atoms with van der Waals surface area (Å²) < 4.78 is 1.96. The molecule has 5 rings (SSSR count). The van der Waals surface area contributed by atoms with Crippen LogP contribution in [0, 0.1) is 0 Å². The number of piperidine rings is 1. The van der Waals surface area contributed by atoms with E-state index in [1.807, 2.05) is 28.8 Å². The van der Waals surface area contributed by atoms with Crippen LogP contribution in [0.5, 0.6) is 0 Å². The minimum atomic E-state index is 0.0169. The first-order valence-electron chi connectivity index (χ1n) is 9.20. The highest BCUT2D eigenvalue weighted by Crippen LogP contribution is 2.27. The van der Waals surface area contributed by atoms with Crippen LogP contribution in [0.15, 0.2) is 29.1 Å². The molecule has 4 heterocycles. The molecule has 0 amide bonds. The lowest BCUT2D eigenvalue weighted by atomic mass is 10.0. The zero-order valence-corrected chi connectivity index (χ0v) is 14.2. The Hall–Kier alpha value is -1.71. The summed E-state index contributed by atoms with van der Waals surface area (Å²) in [6.45, 7) is 5.00. The smallest absolute Gasteiger partial charge is 0.306 e. The van der Waals surface area contributed by atoms with Crippen molar-refractivity contribution in [3.8, 4) is 0 Å². The van der Waals surface area contributed by atoms with Gasteiger partial charge in [0.05, 0.1) is 23.9 Å². The van der Waals surface area contributed by atoms with Crippen LogP contribution < -0.4 is 21.9 Å². The largest absolute Gasteiger partial charge is 0.326 e. The van der Waals surface area contributed by atoms with Crippen molar-refractivity contribution in [2.45, 2.75) is 31.2 Å². The number of likely N-dealkylation sites (tertiary alicyclic amines) is 1. The van der Waals surface area contributed by atoms with Gasteiger partial charge < -0.3 is 4.98 Å². The molecule has 3 saturated heterocycles. The quantitative estimate of drug-likeness (QED) is 0.594. The Bertz CT molecular complexity index is 807. The average molecular weight is 343 g/mol. The summed E-state index contributed by atoms with van der Waals surface area (Å²) in [5, 5.41) is 3.66. The second-order valence-corrected chi connectivity index (χ2v) is 7.22. The van der Waals surface area contributed by atoms with Gasteiger partial charge in [0.1, 0.15) is 6.17 Å². The molecule has 0 saturated carbocycles. The Morgan fingerprint density at radius 2 is 1.84 bits per heavy atom. The number of hydrogen-bond donors (Lipinski definition) is 4. The number of H-pyrrole nitrogens is 1. The van der Waals surface area contributed by atoms with E-state index in [1.165, 1.54) is 0 Å². The fourth-order valence-corrected chi connectivity index (χ4v) is 4.59. The Morgan fingerprint density at radius 1 is 1.00 bits per heavy atom. The number of fused-ring (bicyclic) bond motifs is 2. The number of aromatic amines is 1. The van der Waals surface area contributed by atoms with Gasteiger partial charge in [0.2, 0.25) is 0 Å². The lowest BCUT2D eigenvalue weighted by Crippen LogP contribution is -2.66. The third-order valence-electron chi connectivity index (χ3n) is 5.86. The van der Waals surface area contributed by atoms with Crippen molar-refractivity contribution in [2.75, 3.05) is 32.8 Å². The van der Waals surface area contributed by atoms with Gasteiger partial charge in [-0.1, -0.05) is 12.1 Å². The zero-order valence-electron chi connectivity index (χ0n) is 14.2. The van der Waals surface area contributed by atoms with Gasteiger partial charge in [0, 0.05) is 32.2 Å². The maximum absolute atomic E-state index is 12.4. The standard InChI is InChI=1S/C17H25N7O/c25-17-20-13-3-1-2-4-14(13)24(17)12-5-8-22(9-6-12)15-16-21-19-11-23(16)10-7-18-15/h1-4,12,15-16,18-19,21H,5-11H2,(H,20,25). The molecule has 25 heavy (non-hydrogen) atoms. The van der Waals surface area contributed by atoms with Crippen molar-refractivity contribution in [1.82, 2.24) is 35.5 Å². The van der Waals surface area contributed by atoms with Crippen molar-refractivity contribution < 1.29 is 0 Å². The molecule has 0 aliphatic carbocycles. The molecule has 3 aliphatic rings. The topological polar surface area (TPSA) is 80.4 Å². The molecule has 4 N–H and O–H groups in total. The summed E-state index contributed by atoms with van der Waals surface area (Å²) in [5.74, 6) is 0. The first-order valence-corrected chi connectivity index (χ1v) is 9.20. The number of hydrazine groups is 1. The average Bonchev–Trinajstić information content (AvgIpc) is 3.25. The molecule has 1 aromatic carbocycles. The van der Waals surface area contributed by atoms with Crippen LogP contribution in [0.1, 0.15) is 18.9 Å². The maximum Gasteiger partial charge on any atom is 0.326 e. The number of hydrogen-bond acceptors (Lipinski definition) is 6. The van der Waals surface area contributed by atoms with Crippen LogP contribution in [0.4, 0.5) is 0 Å². The molecule has 0 radical (unpaired) electrons. The Balaban J connectivity index is 1.33. The monoisotopic (exact) mass is 343 g/mol. The molecular weight excluding hydrogens is 318 g/mol. The highest BCUT2D eigenvalue weighted by Gasteiger charge is 2.39. The minimum absolute atomic E-state index is 0.0169. The van der Waals surface area contributed by atoms with Crippen molar-refractivity contribution in [1.29, 1.82) is 0 Å². The van der Waals surface area contributed by atoms with Gasteiger partial charge in [-0.25, -0.2) is 15.6 Å². The van der Waals surface area contributed by atoms with Gasteiger partial charge in [-0.15, -0.1) is 0 Å². The van der Waals surface area contributed by atoms with E-state index in [0.717, 1.165) is 56.7 Å². The van der Waals surface area contributed by atoms with Crippen molar-refractivity contribution in [2.24, 2.45) is 0 Å². The number of nitrogens with zero attached hydrogens (tertiary/aromatic N) is 3. The summed E-state index contributed by atoms with van der Waals surface area (Å²) in [4.78, 5) is 20.4. The van der Waals surface area contributed by atoms with E-state index in [-0.39, 0.29) is 11.7 Å².